The van der Waals surface area contributed by atoms with Crippen molar-refractivity contribution in [2.24, 2.45) is 11.8 Å². The molecule has 1 saturated carbocycles. The van der Waals surface area contributed by atoms with Crippen molar-refractivity contribution in [2.75, 3.05) is 20.3 Å². The van der Waals surface area contributed by atoms with Gasteiger partial charge < -0.3 is 9.47 Å². The molecule has 0 heterocycles. The lowest BCUT2D eigenvalue weighted by molar-refractivity contribution is 0.0298. The molecule has 14 heavy (non-hydrogen) atoms. The van der Waals surface area contributed by atoms with E-state index < -0.39 is 0 Å². The molecule has 0 aromatic rings. The zero-order chi connectivity index (χ0) is 10.4. The van der Waals surface area contributed by atoms with Gasteiger partial charge in [0, 0.05) is 20.3 Å². The Labute approximate surface area is 88.0 Å². The molecule has 0 aliphatic heterocycles. The molecule has 2 nitrogen and oxygen atoms in total. The van der Waals surface area contributed by atoms with Gasteiger partial charge in [0.15, 0.2) is 0 Å². The summed E-state index contributed by atoms with van der Waals surface area (Å²) >= 11 is 0. The van der Waals surface area contributed by atoms with E-state index in [1.807, 2.05) is 0 Å². The predicted molar refractivity (Wildman–Crippen MR) is 58.4 cm³/mol. The van der Waals surface area contributed by atoms with Crippen LogP contribution in [0.4, 0.5) is 0 Å². The van der Waals surface area contributed by atoms with Gasteiger partial charge in [-0.05, 0) is 51.4 Å². The molecular weight excluding hydrogens is 176 g/mol. The van der Waals surface area contributed by atoms with Crippen LogP contribution in [0.15, 0.2) is 0 Å². The molecule has 0 radical (unpaired) electrons. The summed E-state index contributed by atoms with van der Waals surface area (Å²) in [6, 6.07) is 0. The van der Waals surface area contributed by atoms with Crippen molar-refractivity contribution in [3.05, 3.63) is 0 Å². The number of hydrogen-bond acceptors (Lipinski definition) is 2. The van der Waals surface area contributed by atoms with Gasteiger partial charge >= 0.3 is 0 Å². The highest BCUT2D eigenvalue weighted by molar-refractivity contribution is 4.72. The van der Waals surface area contributed by atoms with E-state index >= 15 is 0 Å². The third-order valence-corrected chi connectivity index (χ3v) is 3.03. The fraction of sp³-hybridized carbons (Fsp3) is 1.00. The molecule has 0 spiro atoms. The van der Waals surface area contributed by atoms with Crippen molar-refractivity contribution in [3.63, 3.8) is 0 Å². The maximum atomic E-state index is 5.65. The van der Waals surface area contributed by atoms with Gasteiger partial charge in [0.25, 0.3) is 0 Å². The van der Waals surface area contributed by atoms with Crippen LogP contribution in [-0.4, -0.2) is 26.4 Å². The number of ether oxygens (including phenoxy) is 2. The number of methoxy groups -OCH3 is 1. The Morgan fingerprint density at radius 2 is 1.50 bits per heavy atom. The molecule has 1 rings (SSSR count). The summed E-state index contributed by atoms with van der Waals surface area (Å²) < 4.78 is 10.8. The van der Waals surface area contributed by atoms with E-state index in [2.05, 4.69) is 13.8 Å². The van der Waals surface area contributed by atoms with Crippen molar-refractivity contribution < 1.29 is 9.47 Å². The van der Waals surface area contributed by atoms with Crippen molar-refractivity contribution in [2.45, 2.75) is 45.6 Å². The maximum absolute atomic E-state index is 5.65. The van der Waals surface area contributed by atoms with Crippen LogP contribution >= 0.6 is 0 Å². The summed E-state index contributed by atoms with van der Waals surface area (Å²) in [5.41, 5.74) is 0. The van der Waals surface area contributed by atoms with Gasteiger partial charge in [-0.2, -0.15) is 0 Å². The average Bonchev–Trinajstić information content (AvgIpc) is 2.17. The van der Waals surface area contributed by atoms with E-state index in [1.54, 1.807) is 7.11 Å². The van der Waals surface area contributed by atoms with Crippen molar-refractivity contribution in [3.8, 4) is 0 Å². The molecule has 0 atom stereocenters. The standard InChI is InChI=1S/C12H24O2/c1-10(2)14-9-12-6-4-11(5-7-12)8-13-3/h10-12H,4-9H2,1-3H3/t11-,12+. The van der Waals surface area contributed by atoms with Crippen LogP contribution in [0.5, 0.6) is 0 Å². The topological polar surface area (TPSA) is 18.5 Å². The van der Waals surface area contributed by atoms with Crippen molar-refractivity contribution in [1.82, 2.24) is 0 Å². The molecule has 0 aromatic heterocycles. The summed E-state index contributed by atoms with van der Waals surface area (Å²) in [6.07, 6.45) is 5.66. The lowest BCUT2D eigenvalue weighted by atomic mass is 9.83. The van der Waals surface area contributed by atoms with Gasteiger partial charge in [0.1, 0.15) is 0 Å². The van der Waals surface area contributed by atoms with E-state index in [0.717, 1.165) is 25.0 Å². The van der Waals surface area contributed by atoms with E-state index in [-0.39, 0.29) is 0 Å². The first-order valence-corrected chi connectivity index (χ1v) is 5.83. The molecule has 84 valence electrons. The van der Waals surface area contributed by atoms with Crippen LogP contribution in [0.1, 0.15) is 39.5 Å². The van der Waals surface area contributed by atoms with Crippen LogP contribution in [-0.2, 0) is 9.47 Å². The molecule has 1 fully saturated rings. The molecule has 1 aliphatic rings. The Bertz CT molecular complexity index is 137. The van der Waals surface area contributed by atoms with Gasteiger partial charge in [-0.15, -0.1) is 0 Å². The first-order valence-electron chi connectivity index (χ1n) is 5.83. The Morgan fingerprint density at radius 3 is 1.93 bits per heavy atom. The second-order valence-corrected chi connectivity index (χ2v) is 4.72. The highest BCUT2D eigenvalue weighted by Gasteiger charge is 2.21. The number of hydrogen-bond donors (Lipinski definition) is 0. The van der Waals surface area contributed by atoms with Gasteiger partial charge in [0.2, 0.25) is 0 Å². The van der Waals surface area contributed by atoms with Crippen LogP contribution < -0.4 is 0 Å². The zero-order valence-electron chi connectivity index (χ0n) is 9.79. The van der Waals surface area contributed by atoms with Crippen LogP contribution in [0, 0.1) is 11.8 Å². The molecule has 2 heteroatoms. The third-order valence-electron chi connectivity index (χ3n) is 3.03. The van der Waals surface area contributed by atoms with E-state index in [1.165, 1.54) is 25.7 Å². The normalized spacial score (nSPS) is 28.3. The summed E-state index contributed by atoms with van der Waals surface area (Å²) in [6.45, 7) is 6.11. The van der Waals surface area contributed by atoms with Crippen molar-refractivity contribution in [1.29, 1.82) is 0 Å². The molecule has 0 saturated heterocycles. The minimum Gasteiger partial charge on any atom is -0.384 e. The van der Waals surface area contributed by atoms with E-state index in [4.69, 9.17) is 9.47 Å². The second kappa shape index (κ2) is 6.41. The first-order chi connectivity index (χ1) is 6.72. The quantitative estimate of drug-likeness (QED) is 0.679. The van der Waals surface area contributed by atoms with Crippen LogP contribution in [0.3, 0.4) is 0 Å². The molecule has 0 aromatic carbocycles. The third kappa shape index (κ3) is 4.43. The number of rotatable bonds is 5. The maximum Gasteiger partial charge on any atom is 0.0519 e. The highest BCUT2D eigenvalue weighted by Crippen LogP contribution is 2.29. The minimum atomic E-state index is 0.381. The summed E-state index contributed by atoms with van der Waals surface area (Å²) in [5, 5.41) is 0. The molecule has 1 aliphatic carbocycles. The van der Waals surface area contributed by atoms with Gasteiger partial charge in [-0.1, -0.05) is 0 Å². The van der Waals surface area contributed by atoms with Gasteiger partial charge in [0.05, 0.1) is 6.10 Å². The highest BCUT2D eigenvalue weighted by atomic mass is 16.5. The summed E-state index contributed by atoms with van der Waals surface area (Å²) in [4.78, 5) is 0. The molecule has 0 amide bonds. The smallest absolute Gasteiger partial charge is 0.0519 e. The Morgan fingerprint density at radius 1 is 1.00 bits per heavy atom. The van der Waals surface area contributed by atoms with Gasteiger partial charge in [-0.25, -0.2) is 0 Å². The summed E-state index contributed by atoms with van der Waals surface area (Å²) in [7, 11) is 1.80. The molecule has 0 unspecified atom stereocenters. The lowest BCUT2D eigenvalue weighted by Crippen LogP contribution is -2.22. The van der Waals surface area contributed by atoms with E-state index in [0.29, 0.717) is 6.10 Å². The second-order valence-electron chi connectivity index (χ2n) is 4.72. The Hall–Kier alpha value is -0.0800. The molecule has 0 N–H and O–H groups in total. The fourth-order valence-electron chi connectivity index (χ4n) is 2.13. The fourth-order valence-corrected chi connectivity index (χ4v) is 2.13. The largest absolute Gasteiger partial charge is 0.384 e. The van der Waals surface area contributed by atoms with Crippen LogP contribution in [0.2, 0.25) is 0 Å². The van der Waals surface area contributed by atoms with Gasteiger partial charge in [-0.3, -0.25) is 0 Å². The van der Waals surface area contributed by atoms with Crippen molar-refractivity contribution >= 4 is 0 Å². The first kappa shape index (κ1) is 12.0. The van der Waals surface area contributed by atoms with Crippen LogP contribution in [0.25, 0.3) is 0 Å². The molecular formula is C12H24O2. The Balaban J connectivity index is 2.09. The minimum absolute atomic E-state index is 0.381. The lowest BCUT2D eigenvalue weighted by Gasteiger charge is -2.28. The zero-order valence-corrected chi connectivity index (χ0v) is 9.79. The monoisotopic (exact) mass is 200 g/mol. The summed E-state index contributed by atoms with van der Waals surface area (Å²) in [5.74, 6) is 1.60. The predicted octanol–water partition coefficient (Wildman–Crippen LogP) is 2.86. The molecule has 0 bridgehead atoms. The Kier molecular flexibility index (Phi) is 5.49. The SMILES string of the molecule is COC[C@H]1CC[C@@H](COC(C)C)CC1. The van der Waals surface area contributed by atoms with E-state index in [9.17, 15) is 0 Å². The average molecular weight is 200 g/mol.